The van der Waals surface area contributed by atoms with Gasteiger partial charge in [-0.05, 0) is 48.5 Å². The number of ether oxygens (including phenoxy) is 1. The Morgan fingerprint density at radius 3 is 2.24 bits per heavy atom. The van der Waals surface area contributed by atoms with Gasteiger partial charge >= 0.3 is 6.18 Å². The molecule has 3 N–H and O–H groups in total. The second kappa shape index (κ2) is 11.7. The molecular weight excluding hydrogens is 461 g/mol. The van der Waals surface area contributed by atoms with Crippen molar-refractivity contribution in [3.63, 3.8) is 0 Å². The topological polar surface area (TPSA) is 92.3 Å². The molecule has 0 aliphatic heterocycles. The quantitative estimate of drug-likeness (QED) is 0.422. The largest absolute Gasteiger partial charge is 0.457 e. The van der Waals surface area contributed by atoms with E-state index < -0.39 is 16.8 Å². The van der Waals surface area contributed by atoms with E-state index in [0.717, 1.165) is 17.8 Å². The average Bonchev–Trinajstić information content (AvgIpc) is 2.80. The molecule has 0 aliphatic rings. The zero-order chi connectivity index (χ0) is 24.4. The zero-order valence-electron chi connectivity index (χ0n) is 17.5. The molecule has 174 valence electrons. The van der Waals surface area contributed by atoms with Gasteiger partial charge in [0.1, 0.15) is 17.2 Å². The first kappa shape index (κ1) is 25.5. The molecule has 0 radical (unpaired) electrons. The van der Waals surface area contributed by atoms with Crippen LogP contribution in [-0.4, -0.2) is 31.4 Å². The van der Waals surface area contributed by atoms with Crippen LogP contribution in [0.3, 0.4) is 0 Å². The van der Waals surface area contributed by atoms with Crippen LogP contribution in [-0.2, 0) is 11.0 Å². The number of nitrogens with one attached hydrogen (secondary N) is 3. The molecule has 0 unspecified atom stereocenters. The highest BCUT2D eigenvalue weighted by atomic mass is 35.5. The van der Waals surface area contributed by atoms with Crippen molar-refractivity contribution in [1.82, 2.24) is 10.3 Å². The van der Waals surface area contributed by atoms with Crippen molar-refractivity contribution in [3.05, 3.63) is 77.1 Å². The molecule has 0 spiro atoms. The minimum Gasteiger partial charge on any atom is -0.457 e. The van der Waals surface area contributed by atoms with E-state index in [4.69, 9.17) is 16.3 Å². The fourth-order valence-electron chi connectivity index (χ4n) is 2.45. The fraction of sp³-hybridized carbons (Fsp3) is 0.136. The van der Waals surface area contributed by atoms with E-state index in [1.807, 2.05) is 31.3 Å². The minimum absolute atomic E-state index is 0.0525. The number of carbonyl (C=O) groups is 2. The lowest BCUT2D eigenvalue weighted by Crippen LogP contribution is -2.18. The van der Waals surface area contributed by atoms with Gasteiger partial charge < -0.3 is 20.7 Å². The third-order valence-corrected chi connectivity index (χ3v) is 4.40. The molecule has 1 aromatic heterocycles. The lowest BCUT2D eigenvalue weighted by Gasteiger charge is -2.09. The van der Waals surface area contributed by atoms with Crippen molar-refractivity contribution >= 4 is 35.3 Å². The third kappa shape index (κ3) is 7.69. The van der Waals surface area contributed by atoms with E-state index in [1.165, 1.54) is 6.07 Å². The zero-order valence-corrected chi connectivity index (χ0v) is 18.3. The van der Waals surface area contributed by atoms with Crippen LogP contribution in [0.15, 0.2) is 60.8 Å². The summed E-state index contributed by atoms with van der Waals surface area (Å²) < 4.78 is 42.5. The van der Waals surface area contributed by atoms with Crippen LogP contribution in [0, 0.1) is 0 Å². The van der Waals surface area contributed by atoms with Crippen LogP contribution < -0.4 is 20.7 Å². The molecule has 0 saturated heterocycles. The summed E-state index contributed by atoms with van der Waals surface area (Å²) in [6.45, 7) is 0. The highest BCUT2D eigenvalue weighted by Crippen LogP contribution is 2.36. The van der Waals surface area contributed by atoms with Gasteiger partial charge in [-0.25, -0.2) is 0 Å². The Bertz CT molecular complexity index is 1090. The molecule has 1 heterocycles. The van der Waals surface area contributed by atoms with Gasteiger partial charge in [-0.2, -0.15) is 13.2 Å². The molecule has 3 aromatic rings. The summed E-state index contributed by atoms with van der Waals surface area (Å²) in [5, 5.41) is 7.27. The first-order chi connectivity index (χ1) is 15.7. The van der Waals surface area contributed by atoms with Gasteiger partial charge in [0.15, 0.2) is 0 Å². The van der Waals surface area contributed by atoms with Gasteiger partial charge in [0, 0.05) is 37.7 Å². The van der Waals surface area contributed by atoms with Crippen molar-refractivity contribution in [2.45, 2.75) is 6.18 Å². The summed E-state index contributed by atoms with van der Waals surface area (Å²) in [4.78, 5) is 25.4. The van der Waals surface area contributed by atoms with Gasteiger partial charge in [0.05, 0.1) is 10.6 Å². The molecule has 2 amide bonds. The maximum Gasteiger partial charge on any atom is 0.417 e. The van der Waals surface area contributed by atoms with Gasteiger partial charge in [-0.1, -0.05) is 11.6 Å². The SMILES string of the molecule is CNC(=O)c1cc(Oc2ccc(NC)cc2)ccn1.O=CNc1ccc(Cl)c(C(F)(F)F)c1. The standard InChI is InChI=1S/C14H15N3O2.C8H5ClF3NO/c1-15-10-3-5-11(6-4-10)19-12-7-8-17-13(9-12)14(18)16-2;9-7-2-1-5(13-4-14)3-6(7)8(10,11)12/h3-9,15H,1-2H3,(H,16,18);1-4H,(H,13,14). The fourth-order valence-corrected chi connectivity index (χ4v) is 2.68. The monoisotopic (exact) mass is 480 g/mol. The highest BCUT2D eigenvalue weighted by Gasteiger charge is 2.33. The summed E-state index contributed by atoms with van der Waals surface area (Å²) >= 11 is 5.34. The molecule has 7 nitrogen and oxygen atoms in total. The molecule has 11 heteroatoms. The lowest BCUT2D eigenvalue weighted by molar-refractivity contribution is -0.137. The van der Waals surface area contributed by atoms with Gasteiger partial charge in [0.2, 0.25) is 6.41 Å². The molecule has 0 saturated carbocycles. The van der Waals surface area contributed by atoms with E-state index in [9.17, 15) is 22.8 Å². The van der Waals surface area contributed by atoms with Gasteiger partial charge in [-0.3, -0.25) is 14.6 Å². The first-order valence-corrected chi connectivity index (χ1v) is 9.76. The third-order valence-electron chi connectivity index (χ3n) is 4.07. The van der Waals surface area contributed by atoms with Gasteiger partial charge in [-0.15, -0.1) is 0 Å². The van der Waals surface area contributed by atoms with Crippen LogP contribution in [0.1, 0.15) is 16.1 Å². The van der Waals surface area contributed by atoms with E-state index in [2.05, 4.69) is 20.9 Å². The number of aromatic nitrogens is 1. The summed E-state index contributed by atoms with van der Waals surface area (Å²) in [6.07, 6.45) is -2.68. The predicted octanol–water partition coefficient (Wildman–Crippen LogP) is 5.20. The first-order valence-electron chi connectivity index (χ1n) is 9.38. The summed E-state index contributed by atoms with van der Waals surface area (Å²) in [6, 6.07) is 14.0. The average molecular weight is 481 g/mol. The van der Waals surface area contributed by atoms with Crippen LogP contribution in [0.25, 0.3) is 0 Å². The van der Waals surface area contributed by atoms with E-state index in [1.54, 1.807) is 25.4 Å². The van der Waals surface area contributed by atoms with Crippen LogP contribution in [0.2, 0.25) is 5.02 Å². The molecule has 33 heavy (non-hydrogen) atoms. The molecule has 0 fully saturated rings. The Morgan fingerprint density at radius 2 is 1.67 bits per heavy atom. The van der Waals surface area contributed by atoms with Crippen molar-refractivity contribution in [2.24, 2.45) is 0 Å². The number of hydrogen-bond acceptors (Lipinski definition) is 5. The van der Waals surface area contributed by atoms with Crippen LogP contribution >= 0.6 is 11.6 Å². The Kier molecular flexibility index (Phi) is 9.05. The number of nitrogens with zero attached hydrogens (tertiary/aromatic N) is 1. The number of amides is 2. The minimum atomic E-state index is -4.52. The number of rotatable bonds is 6. The normalized spacial score (nSPS) is 10.4. The Labute approximate surface area is 192 Å². The Morgan fingerprint density at radius 1 is 1.00 bits per heavy atom. The lowest BCUT2D eigenvalue weighted by atomic mass is 10.2. The Hall–Kier alpha value is -3.79. The number of alkyl halides is 3. The molecule has 2 aromatic carbocycles. The summed E-state index contributed by atoms with van der Waals surface area (Å²) in [7, 11) is 3.42. The Balaban J connectivity index is 0.000000245. The molecule has 0 atom stereocenters. The van der Waals surface area contributed by atoms with Crippen molar-refractivity contribution < 1.29 is 27.5 Å². The number of hydrogen-bond donors (Lipinski definition) is 3. The number of carbonyl (C=O) groups excluding carboxylic acids is 2. The van der Waals surface area contributed by atoms with Crippen molar-refractivity contribution in [1.29, 1.82) is 0 Å². The van der Waals surface area contributed by atoms with E-state index in [0.29, 0.717) is 23.6 Å². The number of benzene rings is 2. The highest BCUT2D eigenvalue weighted by molar-refractivity contribution is 6.31. The second-order valence-corrected chi connectivity index (χ2v) is 6.69. The van der Waals surface area contributed by atoms with Gasteiger partial charge in [0.25, 0.3) is 5.91 Å². The molecule has 0 bridgehead atoms. The molecule has 0 aliphatic carbocycles. The summed E-state index contributed by atoms with van der Waals surface area (Å²) in [5.74, 6) is 1.04. The smallest absolute Gasteiger partial charge is 0.417 e. The van der Waals surface area contributed by atoms with Crippen molar-refractivity contribution in [2.75, 3.05) is 24.7 Å². The summed E-state index contributed by atoms with van der Waals surface area (Å²) in [5.41, 5.74) is 0.419. The number of halogens is 4. The maximum atomic E-state index is 12.3. The maximum absolute atomic E-state index is 12.3. The number of pyridine rings is 1. The second-order valence-electron chi connectivity index (χ2n) is 6.29. The van der Waals surface area contributed by atoms with Crippen LogP contribution in [0.5, 0.6) is 11.5 Å². The van der Waals surface area contributed by atoms with E-state index >= 15 is 0 Å². The van der Waals surface area contributed by atoms with Crippen LogP contribution in [0.4, 0.5) is 24.5 Å². The number of anilines is 2. The molecular formula is C22H20ClF3N4O3. The van der Waals surface area contributed by atoms with Crippen molar-refractivity contribution in [3.8, 4) is 11.5 Å². The predicted molar refractivity (Wildman–Crippen MR) is 120 cm³/mol. The molecule has 3 rings (SSSR count). The van der Waals surface area contributed by atoms with E-state index in [-0.39, 0.29) is 11.6 Å².